The summed E-state index contributed by atoms with van der Waals surface area (Å²) in [7, 11) is 0. The Hall–Kier alpha value is -2.95. The van der Waals surface area contributed by atoms with E-state index in [0.717, 1.165) is 16.9 Å². The van der Waals surface area contributed by atoms with Gasteiger partial charge in [0.2, 0.25) is 5.90 Å². The molecule has 1 atom stereocenters. The van der Waals surface area contributed by atoms with Crippen LogP contribution in [0.3, 0.4) is 0 Å². The van der Waals surface area contributed by atoms with Crippen molar-refractivity contribution in [3.63, 3.8) is 0 Å². The zero-order valence-electron chi connectivity index (χ0n) is 12.6. The molecule has 4 rings (SSSR count). The Labute approximate surface area is 137 Å². The fourth-order valence-corrected chi connectivity index (χ4v) is 2.70. The average molecular weight is 325 g/mol. The van der Waals surface area contributed by atoms with Crippen LogP contribution < -0.4 is 0 Å². The van der Waals surface area contributed by atoms with Crippen molar-refractivity contribution in [3.8, 4) is 11.3 Å². The molecule has 0 radical (unpaired) electrons. The van der Waals surface area contributed by atoms with Gasteiger partial charge in [0.1, 0.15) is 35.6 Å². The first kappa shape index (κ1) is 14.6. The topological polar surface area (TPSA) is 34.7 Å². The molecule has 3 aromatic rings. The molecular weight excluding hydrogens is 312 g/mol. The Morgan fingerprint density at radius 1 is 0.917 bits per heavy atom. The zero-order chi connectivity index (χ0) is 16.5. The summed E-state index contributed by atoms with van der Waals surface area (Å²) in [5, 5.41) is 0. The monoisotopic (exact) mass is 325 g/mol. The van der Waals surface area contributed by atoms with Gasteiger partial charge < -0.3 is 9.15 Å². The first-order chi connectivity index (χ1) is 11.7. The van der Waals surface area contributed by atoms with Gasteiger partial charge in [-0.3, -0.25) is 0 Å². The second-order valence-electron chi connectivity index (χ2n) is 5.46. The van der Waals surface area contributed by atoms with Crippen LogP contribution in [0.15, 0.2) is 70.3 Å². The summed E-state index contributed by atoms with van der Waals surface area (Å²) in [4.78, 5) is 4.33. The molecule has 2 aromatic carbocycles. The molecule has 0 amide bonds. The Balaban J connectivity index is 1.61. The van der Waals surface area contributed by atoms with Crippen LogP contribution >= 0.6 is 0 Å². The van der Waals surface area contributed by atoms with E-state index >= 15 is 0 Å². The van der Waals surface area contributed by atoms with Crippen LogP contribution in [0, 0.1) is 11.6 Å². The Morgan fingerprint density at radius 3 is 2.33 bits per heavy atom. The number of furan rings is 1. The van der Waals surface area contributed by atoms with E-state index in [1.165, 1.54) is 18.2 Å². The highest BCUT2D eigenvalue weighted by Crippen LogP contribution is 2.29. The molecule has 0 aliphatic carbocycles. The molecule has 0 fully saturated rings. The van der Waals surface area contributed by atoms with Crippen molar-refractivity contribution < 1.29 is 17.9 Å². The van der Waals surface area contributed by atoms with E-state index in [1.807, 2.05) is 36.4 Å². The molecular formula is C19H13F2NO2. The van der Waals surface area contributed by atoms with Crippen molar-refractivity contribution in [2.24, 2.45) is 4.99 Å². The largest absolute Gasteiger partial charge is 0.475 e. The van der Waals surface area contributed by atoms with Crippen LogP contribution in [-0.4, -0.2) is 12.5 Å². The van der Waals surface area contributed by atoms with Gasteiger partial charge in [0.15, 0.2) is 0 Å². The van der Waals surface area contributed by atoms with Crippen LogP contribution in [0.2, 0.25) is 0 Å². The van der Waals surface area contributed by atoms with Gasteiger partial charge in [0.05, 0.1) is 6.26 Å². The van der Waals surface area contributed by atoms with E-state index in [1.54, 1.807) is 6.26 Å². The summed E-state index contributed by atoms with van der Waals surface area (Å²) < 4.78 is 38.4. The van der Waals surface area contributed by atoms with Gasteiger partial charge in [-0.25, -0.2) is 13.8 Å². The van der Waals surface area contributed by atoms with Gasteiger partial charge in [0.25, 0.3) is 0 Å². The number of benzene rings is 2. The van der Waals surface area contributed by atoms with E-state index in [4.69, 9.17) is 9.15 Å². The standard InChI is InChI=1S/C19H13F2NO2/c20-14-3-1-4-15(21)18(14)19-22-16(11-24-19)12-6-8-13(9-7-12)17-5-2-10-23-17/h1-10,16H,11H2. The number of aliphatic imine (C=N–C) groups is 1. The minimum Gasteiger partial charge on any atom is -0.475 e. The van der Waals surface area contributed by atoms with Crippen molar-refractivity contribution in [1.29, 1.82) is 0 Å². The second kappa shape index (κ2) is 5.92. The smallest absolute Gasteiger partial charge is 0.222 e. The molecule has 1 aromatic heterocycles. The fraction of sp³-hybridized carbons (Fsp3) is 0.105. The summed E-state index contributed by atoms with van der Waals surface area (Å²) in [6.07, 6.45) is 1.62. The van der Waals surface area contributed by atoms with E-state index in [-0.39, 0.29) is 24.1 Å². The maximum absolute atomic E-state index is 13.8. The molecule has 24 heavy (non-hydrogen) atoms. The van der Waals surface area contributed by atoms with E-state index in [0.29, 0.717) is 0 Å². The van der Waals surface area contributed by atoms with E-state index in [2.05, 4.69) is 4.99 Å². The molecule has 0 N–H and O–H groups in total. The highest BCUT2D eigenvalue weighted by Gasteiger charge is 2.26. The molecule has 1 unspecified atom stereocenters. The van der Waals surface area contributed by atoms with Gasteiger partial charge >= 0.3 is 0 Å². The van der Waals surface area contributed by atoms with Crippen LogP contribution in [0.1, 0.15) is 17.2 Å². The molecule has 0 spiro atoms. The number of rotatable bonds is 3. The maximum atomic E-state index is 13.8. The van der Waals surface area contributed by atoms with Crippen LogP contribution in [0.4, 0.5) is 8.78 Å². The van der Waals surface area contributed by atoms with Gasteiger partial charge in [-0.15, -0.1) is 0 Å². The van der Waals surface area contributed by atoms with Crippen molar-refractivity contribution in [2.45, 2.75) is 6.04 Å². The molecule has 2 heterocycles. The molecule has 120 valence electrons. The van der Waals surface area contributed by atoms with Crippen LogP contribution in [-0.2, 0) is 4.74 Å². The molecule has 0 saturated carbocycles. The minimum absolute atomic E-state index is 0.00529. The number of halogens is 2. The van der Waals surface area contributed by atoms with Crippen molar-refractivity contribution >= 4 is 5.90 Å². The number of nitrogens with zero attached hydrogens (tertiary/aromatic N) is 1. The van der Waals surface area contributed by atoms with E-state index in [9.17, 15) is 8.78 Å². The molecule has 1 aliphatic heterocycles. The van der Waals surface area contributed by atoms with Gasteiger partial charge in [0, 0.05) is 5.56 Å². The summed E-state index contributed by atoms with van der Waals surface area (Å²) in [5.41, 5.74) is 1.65. The Kier molecular flexibility index (Phi) is 3.61. The fourth-order valence-electron chi connectivity index (χ4n) is 2.70. The first-order valence-corrected chi connectivity index (χ1v) is 7.51. The minimum atomic E-state index is -0.678. The van der Waals surface area contributed by atoms with Gasteiger partial charge in [-0.05, 0) is 29.8 Å². The third-order valence-electron chi connectivity index (χ3n) is 3.93. The molecule has 0 bridgehead atoms. The molecule has 0 saturated heterocycles. The maximum Gasteiger partial charge on any atom is 0.222 e. The predicted molar refractivity (Wildman–Crippen MR) is 85.7 cm³/mol. The van der Waals surface area contributed by atoms with Gasteiger partial charge in [-0.1, -0.05) is 30.3 Å². The lowest BCUT2D eigenvalue weighted by Gasteiger charge is -2.06. The lowest BCUT2D eigenvalue weighted by Crippen LogP contribution is -2.07. The second-order valence-corrected chi connectivity index (χ2v) is 5.46. The van der Waals surface area contributed by atoms with Crippen molar-refractivity contribution in [1.82, 2.24) is 0 Å². The highest BCUT2D eigenvalue weighted by atomic mass is 19.1. The summed E-state index contributed by atoms with van der Waals surface area (Å²) in [5.74, 6) is -0.572. The molecule has 1 aliphatic rings. The summed E-state index contributed by atoms with van der Waals surface area (Å²) in [6.45, 7) is 0.253. The predicted octanol–water partition coefficient (Wildman–Crippen LogP) is 4.74. The number of ether oxygens (including phenoxy) is 1. The summed E-state index contributed by atoms with van der Waals surface area (Å²) >= 11 is 0. The lowest BCUT2D eigenvalue weighted by atomic mass is 10.1. The number of hydrogen-bond donors (Lipinski definition) is 0. The highest BCUT2D eigenvalue weighted by molar-refractivity contribution is 5.95. The Bertz CT molecular complexity index is 866. The van der Waals surface area contributed by atoms with Crippen LogP contribution in [0.25, 0.3) is 11.3 Å². The van der Waals surface area contributed by atoms with E-state index < -0.39 is 11.6 Å². The quantitative estimate of drug-likeness (QED) is 0.697. The van der Waals surface area contributed by atoms with Crippen molar-refractivity contribution in [3.05, 3.63) is 83.6 Å². The Morgan fingerprint density at radius 2 is 1.67 bits per heavy atom. The third kappa shape index (κ3) is 2.58. The van der Waals surface area contributed by atoms with Crippen molar-refractivity contribution in [2.75, 3.05) is 6.61 Å². The summed E-state index contributed by atoms with van der Waals surface area (Å²) in [6, 6.07) is 14.8. The lowest BCUT2D eigenvalue weighted by molar-refractivity contribution is 0.317. The normalized spacial score (nSPS) is 16.8. The van der Waals surface area contributed by atoms with Gasteiger partial charge in [-0.2, -0.15) is 0 Å². The SMILES string of the molecule is Fc1cccc(F)c1C1=NC(c2ccc(-c3ccco3)cc2)CO1. The molecule has 3 nitrogen and oxygen atoms in total. The first-order valence-electron chi connectivity index (χ1n) is 7.51. The number of hydrogen-bond acceptors (Lipinski definition) is 3. The third-order valence-corrected chi connectivity index (χ3v) is 3.93. The van der Waals surface area contributed by atoms with Crippen LogP contribution in [0.5, 0.6) is 0 Å². The average Bonchev–Trinajstić information content (AvgIpc) is 3.27. The molecule has 5 heteroatoms. The zero-order valence-corrected chi connectivity index (χ0v) is 12.6.